The van der Waals surface area contributed by atoms with Crippen LogP contribution >= 0.6 is 0 Å². The Morgan fingerprint density at radius 1 is 0.710 bits per heavy atom. The lowest BCUT2D eigenvalue weighted by molar-refractivity contribution is 0.661. The molecule has 150 valence electrons. The second-order valence-electron chi connectivity index (χ2n) is 8.91. The number of fused-ring (bicyclic) bond motifs is 6. The van der Waals surface area contributed by atoms with Gasteiger partial charge in [0.15, 0.2) is 0 Å². The first-order chi connectivity index (χ1) is 15.1. The van der Waals surface area contributed by atoms with Crippen LogP contribution in [0.3, 0.4) is 0 Å². The number of para-hydroxylation sites is 1. The number of hydrogen-bond donors (Lipinski definition) is 0. The monoisotopic (exact) mass is 400 g/mol. The lowest BCUT2D eigenvalue weighted by atomic mass is 9.82. The van der Waals surface area contributed by atoms with Crippen molar-refractivity contribution in [1.82, 2.24) is 4.57 Å². The number of aromatic nitrogens is 1. The number of benzene rings is 4. The maximum Gasteiger partial charge on any atom is 0.0944 e. The third kappa shape index (κ3) is 2.68. The van der Waals surface area contributed by atoms with E-state index in [0.29, 0.717) is 6.54 Å². The zero-order valence-electron chi connectivity index (χ0n) is 17.8. The zero-order valence-corrected chi connectivity index (χ0v) is 17.8. The largest absolute Gasteiger partial charge is 0.300 e. The second kappa shape index (κ2) is 6.68. The third-order valence-corrected chi connectivity index (χ3v) is 6.73. The summed E-state index contributed by atoms with van der Waals surface area (Å²) in [6, 6.07) is 32.7. The first-order valence-corrected chi connectivity index (χ1v) is 10.9. The van der Waals surface area contributed by atoms with Gasteiger partial charge in [0.2, 0.25) is 0 Å². The van der Waals surface area contributed by atoms with Gasteiger partial charge in [0, 0.05) is 16.2 Å². The van der Waals surface area contributed by atoms with Crippen molar-refractivity contribution in [2.75, 3.05) is 0 Å². The van der Waals surface area contributed by atoms with Crippen molar-refractivity contribution in [3.63, 3.8) is 0 Å². The van der Waals surface area contributed by atoms with E-state index in [-0.39, 0.29) is 5.41 Å². The predicted molar refractivity (Wildman–Crippen MR) is 131 cm³/mol. The van der Waals surface area contributed by atoms with Crippen molar-refractivity contribution in [2.45, 2.75) is 25.8 Å². The molecule has 0 radical (unpaired) electrons. The fourth-order valence-electron chi connectivity index (χ4n) is 5.13. The molecule has 5 aromatic rings. The first kappa shape index (κ1) is 18.1. The number of hydrogen-bond acceptors (Lipinski definition) is 1. The van der Waals surface area contributed by atoms with Crippen LogP contribution in [0.1, 0.15) is 30.5 Å². The Morgan fingerprint density at radius 3 is 2.32 bits per heavy atom. The van der Waals surface area contributed by atoms with Gasteiger partial charge in [-0.15, -0.1) is 0 Å². The van der Waals surface area contributed by atoms with Crippen molar-refractivity contribution in [1.29, 1.82) is 0 Å². The van der Waals surface area contributed by atoms with Crippen LogP contribution < -0.4 is 0 Å². The van der Waals surface area contributed by atoms with Gasteiger partial charge in [0.05, 0.1) is 23.9 Å². The first-order valence-electron chi connectivity index (χ1n) is 10.9. The molecule has 0 amide bonds. The van der Waals surface area contributed by atoms with E-state index in [9.17, 15) is 0 Å². The molecule has 0 unspecified atom stereocenters. The molecule has 4 aromatic carbocycles. The van der Waals surface area contributed by atoms with E-state index in [4.69, 9.17) is 4.99 Å². The highest BCUT2D eigenvalue weighted by Gasteiger charge is 2.35. The highest BCUT2D eigenvalue weighted by molar-refractivity contribution is 6.13. The van der Waals surface area contributed by atoms with E-state index in [1.54, 1.807) is 0 Å². The summed E-state index contributed by atoms with van der Waals surface area (Å²) in [6.45, 7) is 5.34. The lowest BCUT2D eigenvalue weighted by Crippen LogP contribution is -2.15. The van der Waals surface area contributed by atoms with E-state index < -0.39 is 0 Å². The van der Waals surface area contributed by atoms with Crippen LogP contribution in [-0.4, -0.2) is 10.9 Å². The maximum atomic E-state index is 4.79. The van der Waals surface area contributed by atoms with E-state index in [2.05, 4.69) is 103 Å². The Hall–Kier alpha value is -3.65. The molecule has 0 aliphatic heterocycles. The molecule has 1 heterocycles. The summed E-state index contributed by atoms with van der Waals surface area (Å²) in [6.07, 6.45) is 2.00. The quantitative estimate of drug-likeness (QED) is 0.225. The standard InChI is InChI=1S/C29H24N2/c1-29(2)25-14-8-6-12-21(25)23-16-24-22-13-7-9-15-27(22)31(28(24)17-26(23)29)19-30-18-20-10-4-3-5-11-20/h3-17,19H,18H2,1-2H3. The van der Waals surface area contributed by atoms with E-state index in [1.165, 1.54) is 49.6 Å². The summed E-state index contributed by atoms with van der Waals surface area (Å²) >= 11 is 0. The van der Waals surface area contributed by atoms with Crippen LogP contribution in [0.4, 0.5) is 0 Å². The molecule has 2 nitrogen and oxygen atoms in total. The normalized spacial score (nSPS) is 14.4. The van der Waals surface area contributed by atoms with Crippen LogP contribution in [0.15, 0.2) is 96.0 Å². The topological polar surface area (TPSA) is 17.3 Å². The van der Waals surface area contributed by atoms with Crippen LogP contribution in [0, 0.1) is 0 Å². The van der Waals surface area contributed by atoms with Crippen molar-refractivity contribution >= 4 is 28.1 Å². The minimum absolute atomic E-state index is 0.0113. The Morgan fingerprint density at radius 2 is 1.45 bits per heavy atom. The minimum atomic E-state index is -0.0113. The van der Waals surface area contributed by atoms with Crippen LogP contribution in [0.25, 0.3) is 32.9 Å². The predicted octanol–water partition coefficient (Wildman–Crippen LogP) is 7.18. The molecule has 0 atom stereocenters. The van der Waals surface area contributed by atoms with Gasteiger partial charge in [0.1, 0.15) is 0 Å². The molecule has 2 heteroatoms. The van der Waals surface area contributed by atoms with Gasteiger partial charge in [-0.1, -0.05) is 86.6 Å². The molecule has 0 fully saturated rings. The minimum Gasteiger partial charge on any atom is -0.300 e. The number of aliphatic imine (C=N–C) groups is 1. The van der Waals surface area contributed by atoms with Gasteiger partial charge in [-0.2, -0.15) is 0 Å². The number of rotatable bonds is 3. The Balaban J connectivity index is 1.57. The summed E-state index contributed by atoms with van der Waals surface area (Å²) < 4.78 is 2.26. The highest BCUT2D eigenvalue weighted by Crippen LogP contribution is 2.50. The fourth-order valence-corrected chi connectivity index (χ4v) is 5.13. The zero-order chi connectivity index (χ0) is 21.0. The summed E-state index contributed by atoms with van der Waals surface area (Å²) in [5.74, 6) is 0. The molecule has 0 spiro atoms. The average molecular weight is 401 g/mol. The van der Waals surface area contributed by atoms with Crippen molar-refractivity contribution in [3.05, 3.63) is 108 Å². The Bertz CT molecular complexity index is 1470. The smallest absolute Gasteiger partial charge is 0.0944 e. The van der Waals surface area contributed by atoms with Gasteiger partial charge < -0.3 is 4.57 Å². The van der Waals surface area contributed by atoms with Crippen molar-refractivity contribution < 1.29 is 0 Å². The molecule has 31 heavy (non-hydrogen) atoms. The van der Waals surface area contributed by atoms with Gasteiger partial charge in [-0.05, 0) is 46.0 Å². The molecule has 1 aliphatic carbocycles. The SMILES string of the molecule is CC1(C)c2ccccc2-c2cc3c4ccccc4n(C=NCc4ccccc4)c3cc21. The lowest BCUT2D eigenvalue weighted by Gasteiger charge is -2.21. The van der Waals surface area contributed by atoms with E-state index in [0.717, 1.165) is 0 Å². The molecular weight excluding hydrogens is 376 g/mol. The Labute approximate surface area is 182 Å². The second-order valence-corrected chi connectivity index (χ2v) is 8.91. The molecule has 0 bridgehead atoms. The molecular formula is C29H24N2. The molecule has 6 rings (SSSR count). The van der Waals surface area contributed by atoms with E-state index >= 15 is 0 Å². The molecule has 1 aromatic heterocycles. The van der Waals surface area contributed by atoms with Crippen molar-refractivity contribution in [3.8, 4) is 11.1 Å². The molecule has 0 saturated heterocycles. The van der Waals surface area contributed by atoms with E-state index in [1.807, 2.05) is 12.4 Å². The maximum absolute atomic E-state index is 4.79. The summed E-state index contributed by atoms with van der Waals surface area (Å²) in [5, 5.41) is 2.56. The van der Waals surface area contributed by atoms with Crippen molar-refractivity contribution in [2.24, 2.45) is 4.99 Å². The molecule has 0 N–H and O–H groups in total. The van der Waals surface area contributed by atoms with Crippen LogP contribution in [0.2, 0.25) is 0 Å². The van der Waals surface area contributed by atoms with Gasteiger partial charge in [-0.3, -0.25) is 4.99 Å². The van der Waals surface area contributed by atoms with Gasteiger partial charge in [-0.25, -0.2) is 0 Å². The molecule has 0 saturated carbocycles. The third-order valence-electron chi connectivity index (χ3n) is 6.73. The van der Waals surface area contributed by atoms with Crippen LogP contribution in [0.5, 0.6) is 0 Å². The molecule has 1 aliphatic rings. The van der Waals surface area contributed by atoms with Crippen LogP contribution in [-0.2, 0) is 12.0 Å². The summed E-state index contributed by atoms with van der Waals surface area (Å²) in [4.78, 5) is 4.79. The van der Waals surface area contributed by atoms with Gasteiger partial charge >= 0.3 is 0 Å². The van der Waals surface area contributed by atoms with Gasteiger partial charge in [0.25, 0.3) is 0 Å². The number of nitrogens with zero attached hydrogens (tertiary/aromatic N) is 2. The Kier molecular flexibility index (Phi) is 3.91. The average Bonchev–Trinajstić information content (AvgIpc) is 3.23. The highest BCUT2D eigenvalue weighted by atomic mass is 15.0. The summed E-state index contributed by atoms with van der Waals surface area (Å²) in [7, 11) is 0. The fraction of sp³-hybridized carbons (Fsp3) is 0.138. The summed E-state index contributed by atoms with van der Waals surface area (Å²) in [5.41, 5.74) is 9.14.